The second-order valence-electron chi connectivity index (χ2n) is 6.62. The molecule has 1 atom stereocenters. The third kappa shape index (κ3) is 4.88. The summed E-state index contributed by atoms with van der Waals surface area (Å²) in [5.41, 5.74) is 1.64. The van der Waals surface area contributed by atoms with Crippen molar-refractivity contribution in [3.8, 4) is 17.5 Å². The van der Waals surface area contributed by atoms with E-state index in [1.54, 1.807) is 18.4 Å². The standard InChI is InChI=1S/C21H16ClN5O2S2/c1-13-11-30-20(24-13)17(9-23)18(28)12-31-21-26-25-19(14-4-6-15(22)7-5-14)27(21)10-16-3-2-8-29-16/h2-8,11,17H,10,12H2,1H3. The Morgan fingerprint density at radius 2 is 2.13 bits per heavy atom. The van der Waals surface area contributed by atoms with Gasteiger partial charge in [-0.2, -0.15) is 5.26 Å². The van der Waals surface area contributed by atoms with Crippen molar-refractivity contribution < 1.29 is 9.21 Å². The molecule has 3 heterocycles. The fraction of sp³-hybridized carbons (Fsp3) is 0.190. The number of Topliss-reactive ketones (excluding diaryl/α,β-unsaturated/α-hetero) is 1. The van der Waals surface area contributed by atoms with E-state index < -0.39 is 5.92 Å². The molecule has 0 bridgehead atoms. The monoisotopic (exact) mass is 469 g/mol. The smallest absolute Gasteiger partial charge is 0.192 e. The largest absolute Gasteiger partial charge is 0.467 e. The van der Waals surface area contributed by atoms with Gasteiger partial charge in [-0.25, -0.2) is 4.98 Å². The summed E-state index contributed by atoms with van der Waals surface area (Å²) in [5.74, 6) is 0.339. The zero-order valence-corrected chi connectivity index (χ0v) is 18.7. The first-order valence-electron chi connectivity index (χ1n) is 9.24. The molecular weight excluding hydrogens is 454 g/mol. The molecule has 0 N–H and O–H groups in total. The summed E-state index contributed by atoms with van der Waals surface area (Å²) in [4.78, 5) is 17.0. The number of thioether (sulfide) groups is 1. The van der Waals surface area contributed by atoms with Gasteiger partial charge < -0.3 is 4.42 Å². The summed E-state index contributed by atoms with van der Waals surface area (Å²) in [7, 11) is 0. The third-order valence-electron chi connectivity index (χ3n) is 4.39. The van der Waals surface area contributed by atoms with Crippen LogP contribution < -0.4 is 0 Å². The Kier molecular flexibility index (Phi) is 6.51. The predicted molar refractivity (Wildman–Crippen MR) is 119 cm³/mol. The van der Waals surface area contributed by atoms with Crippen molar-refractivity contribution in [2.45, 2.75) is 24.5 Å². The summed E-state index contributed by atoms with van der Waals surface area (Å²) in [6.45, 7) is 2.24. The van der Waals surface area contributed by atoms with E-state index in [1.165, 1.54) is 23.1 Å². The molecule has 10 heteroatoms. The van der Waals surface area contributed by atoms with E-state index in [0.29, 0.717) is 27.6 Å². The quantitative estimate of drug-likeness (QED) is 0.336. The van der Waals surface area contributed by atoms with Crippen molar-refractivity contribution in [1.29, 1.82) is 5.26 Å². The molecule has 4 rings (SSSR count). The minimum atomic E-state index is -0.886. The van der Waals surface area contributed by atoms with E-state index >= 15 is 0 Å². The lowest BCUT2D eigenvalue weighted by molar-refractivity contribution is -0.116. The minimum absolute atomic E-state index is 0.0771. The molecule has 0 saturated carbocycles. The van der Waals surface area contributed by atoms with Gasteiger partial charge in [-0.05, 0) is 43.3 Å². The average molecular weight is 470 g/mol. The number of thiazole rings is 1. The highest BCUT2D eigenvalue weighted by Crippen LogP contribution is 2.28. The number of rotatable bonds is 8. The molecule has 1 aromatic carbocycles. The van der Waals surface area contributed by atoms with Crippen LogP contribution in [0.25, 0.3) is 11.4 Å². The maximum atomic E-state index is 12.7. The Morgan fingerprint density at radius 3 is 2.77 bits per heavy atom. The Bertz CT molecular complexity index is 1230. The number of aromatic nitrogens is 4. The van der Waals surface area contributed by atoms with Crippen LogP contribution in [0, 0.1) is 18.3 Å². The molecule has 0 aliphatic rings. The molecule has 0 amide bonds. The van der Waals surface area contributed by atoms with Gasteiger partial charge in [0, 0.05) is 21.7 Å². The van der Waals surface area contributed by atoms with E-state index in [4.69, 9.17) is 16.0 Å². The van der Waals surface area contributed by atoms with Crippen LogP contribution in [0.5, 0.6) is 0 Å². The van der Waals surface area contributed by atoms with Gasteiger partial charge in [0.1, 0.15) is 10.8 Å². The summed E-state index contributed by atoms with van der Waals surface area (Å²) in [5, 5.41) is 21.6. The van der Waals surface area contributed by atoms with Gasteiger partial charge in [0.05, 0.1) is 24.6 Å². The molecule has 0 aliphatic heterocycles. The molecule has 31 heavy (non-hydrogen) atoms. The Morgan fingerprint density at radius 1 is 1.32 bits per heavy atom. The fourth-order valence-electron chi connectivity index (χ4n) is 2.90. The number of halogens is 1. The molecule has 156 valence electrons. The van der Waals surface area contributed by atoms with Crippen LogP contribution in [0.2, 0.25) is 5.02 Å². The van der Waals surface area contributed by atoms with Crippen molar-refractivity contribution in [3.05, 3.63) is 69.5 Å². The highest BCUT2D eigenvalue weighted by molar-refractivity contribution is 7.99. The number of hydrogen-bond donors (Lipinski definition) is 0. The van der Waals surface area contributed by atoms with Crippen LogP contribution in [0.1, 0.15) is 22.4 Å². The molecule has 3 aromatic heterocycles. The first-order valence-corrected chi connectivity index (χ1v) is 11.5. The van der Waals surface area contributed by atoms with Crippen molar-refractivity contribution in [2.75, 3.05) is 5.75 Å². The van der Waals surface area contributed by atoms with Gasteiger partial charge in [0.15, 0.2) is 22.7 Å². The topological polar surface area (TPSA) is 97.6 Å². The second-order valence-corrected chi connectivity index (χ2v) is 8.89. The van der Waals surface area contributed by atoms with Gasteiger partial charge >= 0.3 is 0 Å². The van der Waals surface area contributed by atoms with Gasteiger partial charge in [-0.3, -0.25) is 9.36 Å². The number of aryl methyl sites for hydroxylation is 1. The van der Waals surface area contributed by atoms with E-state index in [0.717, 1.165) is 17.0 Å². The molecule has 0 fully saturated rings. The lowest BCUT2D eigenvalue weighted by Crippen LogP contribution is -2.14. The number of furan rings is 1. The van der Waals surface area contributed by atoms with Gasteiger partial charge in [-0.1, -0.05) is 23.4 Å². The van der Waals surface area contributed by atoms with E-state index in [1.807, 2.05) is 41.1 Å². The summed E-state index contributed by atoms with van der Waals surface area (Å²) < 4.78 is 7.37. The molecule has 7 nitrogen and oxygen atoms in total. The molecule has 0 saturated heterocycles. The third-order valence-corrected chi connectivity index (χ3v) is 6.66. The minimum Gasteiger partial charge on any atom is -0.467 e. The molecule has 0 spiro atoms. The van der Waals surface area contributed by atoms with E-state index in [9.17, 15) is 10.1 Å². The fourth-order valence-corrected chi connectivity index (χ4v) is 4.73. The van der Waals surface area contributed by atoms with Crippen molar-refractivity contribution in [3.63, 3.8) is 0 Å². The number of carbonyl (C=O) groups is 1. The van der Waals surface area contributed by atoms with E-state index in [2.05, 4.69) is 21.3 Å². The van der Waals surface area contributed by atoms with Gasteiger partial charge in [-0.15, -0.1) is 21.5 Å². The van der Waals surface area contributed by atoms with Crippen molar-refractivity contribution >= 4 is 40.5 Å². The molecule has 0 aliphatic carbocycles. The highest BCUT2D eigenvalue weighted by Gasteiger charge is 2.25. The van der Waals surface area contributed by atoms with Crippen molar-refractivity contribution in [1.82, 2.24) is 19.7 Å². The van der Waals surface area contributed by atoms with Crippen molar-refractivity contribution in [2.24, 2.45) is 0 Å². The van der Waals surface area contributed by atoms with Crippen LogP contribution in [0.15, 0.2) is 57.6 Å². The van der Waals surface area contributed by atoms with E-state index in [-0.39, 0.29) is 11.5 Å². The number of benzene rings is 1. The van der Waals surface area contributed by atoms with Gasteiger partial charge in [0.2, 0.25) is 0 Å². The van der Waals surface area contributed by atoms with Crippen LogP contribution >= 0.6 is 34.7 Å². The highest BCUT2D eigenvalue weighted by atomic mass is 35.5. The lowest BCUT2D eigenvalue weighted by Gasteiger charge is -2.09. The number of nitriles is 1. The van der Waals surface area contributed by atoms with Crippen LogP contribution in [0.4, 0.5) is 0 Å². The van der Waals surface area contributed by atoms with Gasteiger partial charge in [0.25, 0.3) is 0 Å². The SMILES string of the molecule is Cc1csc(C(C#N)C(=O)CSc2nnc(-c3ccc(Cl)cc3)n2Cc2ccco2)n1. The molecule has 0 radical (unpaired) electrons. The molecular formula is C21H16ClN5O2S2. The Balaban J connectivity index is 1.58. The second kappa shape index (κ2) is 9.47. The maximum Gasteiger partial charge on any atom is 0.192 e. The molecule has 1 unspecified atom stereocenters. The number of hydrogen-bond acceptors (Lipinski definition) is 8. The zero-order valence-electron chi connectivity index (χ0n) is 16.4. The van der Waals surface area contributed by atoms with Crippen LogP contribution in [-0.4, -0.2) is 31.3 Å². The number of nitrogens with zero attached hydrogens (tertiary/aromatic N) is 5. The normalized spacial score (nSPS) is 11.9. The average Bonchev–Trinajstić information content (AvgIpc) is 3.51. The summed E-state index contributed by atoms with van der Waals surface area (Å²) in [6.07, 6.45) is 1.60. The van der Waals surface area contributed by atoms with Crippen LogP contribution in [-0.2, 0) is 11.3 Å². The Labute approximate surface area is 191 Å². The predicted octanol–water partition coefficient (Wildman–Crippen LogP) is 4.97. The summed E-state index contributed by atoms with van der Waals surface area (Å²) in [6, 6.07) is 13.0. The lowest BCUT2D eigenvalue weighted by atomic mass is 10.1. The number of ketones is 1. The first-order chi connectivity index (χ1) is 15.0. The first kappa shape index (κ1) is 21.3. The molecule has 4 aromatic rings. The Hall–Kier alpha value is -2.93. The van der Waals surface area contributed by atoms with Crippen LogP contribution in [0.3, 0.4) is 0 Å². The zero-order chi connectivity index (χ0) is 21.8. The number of carbonyl (C=O) groups excluding carboxylic acids is 1. The summed E-state index contributed by atoms with van der Waals surface area (Å²) >= 11 is 8.57. The maximum absolute atomic E-state index is 12.7.